The lowest BCUT2D eigenvalue weighted by molar-refractivity contribution is 0.0696. The average molecular weight is 420 g/mol. The van der Waals surface area contributed by atoms with Crippen molar-refractivity contribution < 1.29 is 14.7 Å². The van der Waals surface area contributed by atoms with Gasteiger partial charge in [-0.15, -0.1) is 0 Å². The van der Waals surface area contributed by atoms with Crippen LogP contribution in [-0.4, -0.2) is 26.5 Å². The third-order valence-corrected chi connectivity index (χ3v) is 5.06. The molecule has 0 unspecified atom stereocenters. The highest BCUT2D eigenvalue weighted by Crippen LogP contribution is 2.21. The fourth-order valence-corrected chi connectivity index (χ4v) is 3.39. The first-order valence-corrected chi connectivity index (χ1v) is 9.68. The van der Waals surface area contributed by atoms with Crippen LogP contribution in [0.5, 0.6) is 0 Å². The number of pyridine rings is 1. The quantitative estimate of drug-likeness (QED) is 0.486. The number of carboxylic acid groups (broad SMARTS) is 1. The third-order valence-electron chi connectivity index (χ3n) is 4.81. The van der Waals surface area contributed by atoms with E-state index in [9.17, 15) is 9.59 Å². The molecule has 0 aliphatic heterocycles. The van der Waals surface area contributed by atoms with Crippen LogP contribution in [0.2, 0.25) is 5.02 Å². The van der Waals surface area contributed by atoms with Crippen LogP contribution < -0.4 is 5.32 Å². The zero-order valence-electron chi connectivity index (χ0n) is 15.9. The number of aromatic carboxylic acids is 1. The number of amides is 1. The van der Waals surface area contributed by atoms with E-state index >= 15 is 0 Å². The number of hydrogen-bond donors (Lipinski definition) is 2. The maximum atomic E-state index is 12.9. The van der Waals surface area contributed by atoms with Gasteiger partial charge in [-0.2, -0.15) is 0 Å². The highest BCUT2D eigenvalue weighted by Gasteiger charge is 2.15. The second-order valence-corrected chi connectivity index (χ2v) is 7.29. The molecule has 1 amide bonds. The van der Waals surface area contributed by atoms with Crippen molar-refractivity contribution in [1.82, 2.24) is 14.9 Å². The van der Waals surface area contributed by atoms with E-state index in [0.717, 1.165) is 22.0 Å². The summed E-state index contributed by atoms with van der Waals surface area (Å²) in [7, 11) is 0. The number of aromatic nitrogens is 2. The molecule has 2 aromatic heterocycles. The van der Waals surface area contributed by atoms with Gasteiger partial charge in [0.1, 0.15) is 0 Å². The molecule has 0 atom stereocenters. The first-order valence-electron chi connectivity index (χ1n) is 9.30. The lowest BCUT2D eigenvalue weighted by Gasteiger charge is -2.10. The molecule has 7 heteroatoms. The molecule has 6 nitrogen and oxygen atoms in total. The molecule has 0 saturated carbocycles. The number of carbonyl (C=O) groups excluding carboxylic acids is 1. The molecule has 2 aromatic carbocycles. The van der Waals surface area contributed by atoms with Gasteiger partial charge in [0.2, 0.25) is 0 Å². The fraction of sp³-hybridized carbons (Fsp3) is 0.0870. The number of benzene rings is 2. The van der Waals surface area contributed by atoms with Gasteiger partial charge in [0.25, 0.3) is 5.91 Å². The number of halogens is 1. The maximum Gasteiger partial charge on any atom is 0.335 e. The van der Waals surface area contributed by atoms with Crippen LogP contribution in [0, 0.1) is 0 Å². The first kappa shape index (κ1) is 19.7. The van der Waals surface area contributed by atoms with E-state index in [0.29, 0.717) is 17.3 Å². The highest BCUT2D eigenvalue weighted by molar-refractivity contribution is 6.30. The zero-order chi connectivity index (χ0) is 21.1. The number of fused-ring (bicyclic) bond motifs is 1. The number of carbonyl (C=O) groups is 2. The second kappa shape index (κ2) is 8.39. The average Bonchev–Trinajstić information content (AvgIpc) is 3.17. The molecule has 2 N–H and O–H groups in total. The van der Waals surface area contributed by atoms with Gasteiger partial charge in [-0.3, -0.25) is 4.79 Å². The predicted molar refractivity (Wildman–Crippen MR) is 115 cm³/mol. The van der Waals surface area contributed by atoms with Gasteiger partial charge in [-0.1, -0.05) is 35.9 Å². The van der Waals surface area contributed by atoms with Crippen LogP contribution in [0.1, 0.15) is 32.0 Å². The molecule has 0 saturated heterocycles. The van der Waals surface area contributed by atoms with E-state index in [4.69, 9.17) is 16.7 Å². The Morgan fingerprint density at radius 3 is 2.37 bits per heavy atom. The SMILES string of the molecule is O=C(O)c1ccc(CNC(=O)c2nccc3ccn(Cc4ccc(Cl)cc4)c23)cc1. The second-order valence-electron chi connectivity index (χ2n) is 6.85. The summed E-state index contributed by atoms with van der Waals surface area (Å²) in [6.07, 6.45) is 3.55. The van der Waals surface area contributed by atoms with E-state index in [-0.39, 0.29) is 18.0 Å². The molecule has 0 aliphatic carbocycles. The van der Waals surface area contributed by atoms with Gasteiger partial charge in [0.05, 0.1) is 11.1 Å². The van der Waals surface area contributed by atoms with Crippen LogP contribution >= 0.6 is 11.6 Å². The van der Waals surface area contributed by atoms with E-state index in [1.54, 1.807) is 18.3 Å². The van der Waals surface area contributed by atoms with Crippen molar-refractivity contribution in [3.05, 3.63) is 100 Å². The molecule has 0 bridgehead atoms. The molecule has 150 valence electrons. The number of nitrogens with zero attached hydrogens (tertiary/aromatic N) is 2. The molecule has 4 rings (SSSR count). The zero-order valence-corrected chi connectivity index (χ0v) is 16.6. The summed E-state index contributed by atoms with van der Waals surface area (Å²) in [5, 5.41) is 13.4. The van der Waals surface area contributed by atoms with Gasteiger partial charge in [-0.25, -0.2) is 9.78 Å². The van der Waals surface area contributed by atoms with E-state index < -0.39 is 5.97 Å². The summed E-state index contributed by atoms with van der Waals surface area (Å²) in [4.78, 5) is 28.1. The number of hydrogen-bond acceptors (Lipinski definition) is 3. The Morgan fingerprint density at radius 2 is 1.67 bits per heavy atom. The van der Waals surface area contributed by atoms with Crippen molar-refractivity contribution in [3.63, 3.8) is 0 Å². The summed E-state index contributed by atoms with van der Waals surface area (Å²) < 4.78 is 1.99. The fourth-order valence-electron chi connectivity index (χ4n) is 3.27. The summed E-state index contributed by atoms with van der Waals surface area (Å²) >= 11 is 5.97. The van der Waals surface area contributed by atoms with Gasteiger partial charge >= 0.3 is 5.97 Å². The van der Waals surface area contributed by atoms with Crippen LogP contribution in [0.25, 0.3) is 10.9 Å². The van der Waals surface area contributed by atoms with Crippen LogP contribution in [0.4, 0.5) is 0 Å². The Labute approximate surface area is 177 Å². The highest BCUT2D eigenvalue weighted by atomic mass is 35.5. The number of carboxylic acids is 1. The van der Waals surface area contributed by atoms with Gasteiger partial charge in [-0.05, 0) is 47.5 Å². The minimum atomic E-state index is -0.983. The van der Waals surface area contributed by atoms with Gasteiger partial charge < -0.3 is 15.0 Å². The molecule has 4 aromatic rings. The molecule has 0 radical (unpaired) electrons. The minimum absolute atomic E-state index is 0.205. The molecule has 0 spiro atoms. The van der Waals surface area contributed by atoms with Crippen LogP contribution in [0.15, 0.2) is 73.1 Å². The van der Waals surface area contributed by atoms with Crippen LogP contribution in [-0.2, 0) is 13.1 Å². The van der Waals surface area contributed by atoms with Crippen LogP contribution in [0.3, 0.4) is 0 Å². The Hall–Kier alpha value is -3.64. The molecule has 0 aliphatic rings. The minimum Gasteiger partial charge on any atom is -0.478 e. The van der Waals surface area contributed by atoms with Crippen molar-refractivity contribution in [1.29, 1.82) is 0 Å². The summed E-state index contributed by atoms with van der Waals surface area (Å²) in [6.45, 7) is 0.859. The first-order chi connectivity index (χ1) is 14.5. The topological polar surface area (TPSA) is 84.2 Å². The third kappa shape index (κ3) is 4.18. The van der Waals surface area contributed by atoms with E-state index in [1.165, 1.54) is 12.1 Å². The molecule has 30 heavy (non-hydrogen) atoms. The Bertz CT molecular complexity index is 1210. The maximum absolute atomic E-state index is 12.9. The molecular weight excluding hydrogens is 402 g/mol. The van der Waals surface area contributed by atoms with Crippen molar-refractivity contribution in [2.24, 2.45) is 0 Å². The number of rotatable bonds is 6. The monoisotopic (exact) mass is 419 g/mol. The Morgan fingerprint density at radius 1 is 0.967 bits per heavy atom. The predicted octanol–water partition coefficient (Wildman–Crippen LogP) is 4.37. The Balaban J connectivity index is 1.55. The summed E-state index contributed by atoms with van der Waals surface area (Å²) in [5.74, 6) is -1.28. The van der Waals surface area contributed by atoms with Crippen molar-refractivity contribution in [2.45, 2.75) is 13.1 Å². The van der Waals surface area contributed by atoms with E-state index in [2.05, 4.69) is 10.3 Å². The lowest BCUT2D eigenvalue weighted by Crippen LogP contribution is -2.24. The largest absolute Gasteiger partial charge is 0.478 e. The van der Waals surface area contributed by atoms with Crippen molar-refractivity contribution in [3.8, 4) is 0 Å². The smallest absolute Gasteiger partial charge is 0.335 e. The summed E-state index contributed by atoms with van der Waals surface area (Å²) in [5.41, 5.74) is 3.17. The molecular formula is C23H18ClN3O3. The normalized spacial score (nSPS) is 10.8. The van der Waals surface area contributed by atoms with Gasteiger partial charge in [0.15, 0.2) is 5.69 Å². The summed E-state index contributed by atoms with van der Waals surface area (Å²) in [6, 6.07) is 17.8. The lowest BCUT2D eigenvalue weighted by atomic mass is 10.1. The molecule has 0 fully saturated rings. The number of nitrogens with one attached hydrogen (secondary N) is 1. The van der Waals surface area contributed by atoms with Crippen molar-refractivity contribution in [2.75, 3.05) is 0 Å². The van der Waals surface area contributed by atoms with E-state index in [1.807, 2.05) is 47.2 Å². The van der Waals surface area contributed by atoms with Crippen molar-refractivity contribution >= 4 is 34.4 Å². The van der Waals surface area contributed by atoms with Gasteiger partial charge in [0, 0.05) is 35.9 Å². The Kier molecular flexibility index (Phi) is 5.50. The standard InChI is InChI=1S/C23H18ClN3O3/c24-19-7-3-16(4-8-19)14-27-12-10-17-9-11-25-20(21(17)27)22(28)26-13-15-1-5-18(6-2-15)23(29)30/h1-12H,13-14H2,(H,26,28)(H,29,30). The molecule has 2 heterocycles.